The molecule has 0 radical (unpaired) electrons. The Labute approximate surface area is 355 Å². The van der Waals surface area contributed by atoms with Crippen molar-refractivity contribution in [1.82, 2.24) is 5.48 Å². The Bertz CT molecular complexity index is 2010. The number of carbonyl (C=O) groups is 3. The number of nitrogens with zero attached hydrogens (tertiary/aromatic N) is 3. The highest BCUT2D eigenvalue weighted by molar-refractivity contribution is 5.86. The van der Waals surface area contributed by atoms with E-state index in [-0.39, 0.29) is 17.9 Å². The molecule has 10 heteroatoms. The SMILES string of the molecule is CN(C)c1ccc(C(C(=O)NO)c2ccccc2)cc1.CN(C)c1ccccc1.COC(=O)C(c1ccccc1)c1ccc(N(C)C)cc1.COC(=O)Cc1ccccc1. The predicted molar refractivity (Wildman–Crippen MR) is 243 cm³/mol. The van der Waals surface area contributed by atoms with Gasteiger partial charge >= 0.3 is 11.9 Å². The van der Waals surface area contributed by atoms with Crippen molar-refractivity contribution >= 4 is 34.9 Å². The molecular weight excluding hydrogens is 753 g/mol. The van der Waals surface area contributed by atoms with Crippen LogP contribution in [0.5, 0.6) is 0 Å². The Morgan fingerprint density at radius 1 is 0.467 bits per heavy atom. The third-order valence-electron chi connectivity index (χ3n) is 9.25. The number of nitrogens with one attached hydrogen (secondary N) is 1. The first kappa shape index (κ1) is 47.5. The van der Waals surface area contributed by atoms with Crippen molar-refractivity contribution in [2.24, 2.45) is 0 Å². The fourth-order valence-electron chi connectivity index (χ4n) is 5.92. The summed E-state index contributed by atoms with van der Waals surface area (Å²) < 4.78 is 9.46. The van der Waals surface area contributed by atoms with E-state index in [4.69, 9.17) is 9.94 Å². The highest BCUT2D eigenvalue weighted by Crippen LogP contribution is 2.28. The summed E-state index contributed by atoms with van der Waals surface area (Å²) in [5.74, 6) is -1.77. The Morgan fingerprint density at radius 2 is 0.800 bits per heavy atom. The van der Waals surface area contributed by atoms with Crippen LogP contribution in [0.1, 0.15) is 39.7 Å². The molecule has 6 aromatic rings. The van der Waals surface area contributed by atoms with Crippen molar-refractivity contribution in [1.29, 1.82) is 0 Å². The van der Waals surface area contributed by atoms with Gasteiger partial charge in [-0.25, -0.2) is 5.48 Å². The average Bonchev–Trinajstić information content (AvgIpc) is 3.28. The largest absolute Gasteiger partial charge is 0.469 e. The van der Waals surface area contributed by atoms with Crippen LogP contribution in [0.2, 0.25) is 0 Å². The molecule has 0 heterocycles. The Kier molecular flexibility index (Phi) is 20.1. The van der Waals surface area contributed by atoms with Gasteiger partial charge in [-0.1, -0.05) is 133 Å². The standard InChI is InChI=1S/C17H19NO2.C16H18N2O2.C9H10O2.C8H11N/c1-18(2)15-11-9-14(10-12-15)16(17(19)20-3)13-7-5-4-6-8-13;1-18(2)14-10-8-13(9-11-14)15(16(19)17-20)12-6-4-3-5-7-12;1-11-9(10)7-8-5-3-2-4-6-8;1-9(2)8-6-4-3-5-7-8/h4-12,16H,1-3H3;3-11,15,20H,1-2H3,(H,17,19);2-6H,7H2,1H3;3-7H,1-2H3. The molecule has 2 unspecified atom stereocenters. The zero-order chi connectivity index (χ0) is 43.9. The number of carbonyl (C=O) groups excluding carboxylic acids is 3. The summed E-state index contributed by atoms with van der Waals surface area (Å²) in [7, 11) is 14.8. The first-order valence-corrected chi connectivity index (χ1v) is 19.4. The molecule has 0 aliphatic carbocycles. The van der Waals surface area contributed by atoms with E-state index in [9.17, 15) is 14.4 Å². The topological polar surface area (TPSA) is 112 Å². The van der Waals surface area contributed by atoms with Crippen molar-refractivity contribution in [2.45, 2.75) is 18.3 Å². The van der Waals surface area contributed by atoms with E-state index in [1.165, 1.54) is 19.9 Å². The zero-order valence-electron chi connectivity index (χ0n) is 35.9. The van der Waals surface area contributed by atoms with Crippen LogP contribution in [0, 0.1) is 0 Å². The molecule has 314 valence electrons. The smallest absolute Gasteiger partial charge is 0.317 e. The number of benzene rings is 6. The number of methoxy groups -OCH3 is 2. The first-order valence-electron chi connectivity index (χ1n) is 19.4. The highest BCUT2D eigenvalue weighted by Gasteiger charge is 2.24. The predicted octanol–water partition coefficient (Wildman–Crippen LogP) is 8.60. The van der Waals surface area contributed by atoms with Crippen molar-refractivity contribution in [2.75, 3.05) is 71.2 Å². The van der Waals surface area contributed by atoms with Crippen molar-refractivity contribution in [3.05, 3.63) is 198 Å². The third-order valence-corrected chi connectivity index (χ3v) is 9.25. The quantitative estimate of drug-likeness (QED) is 0.0755. The number of amides is 1. The lowest BCUT2D eigenvalue weighted by Gasteiger charge is -2.18. The summed E-state index contributed by atoms with van der Waals surface area (Å²) in [5.41, 5.74) is 9.71. The summed E-state index contributed by atoms with van der Waals surface area (Å²) in [6.07, 6.45) is 0.358. The fourth-order valence-corrected chi connectivity index (χ4v) is 5.92. The van der Waals surface area contributed by atoms with Crippen LogP contribution in [0.4, 0.5) is 17.1 Å². The Hall–Kier alpha value is -6.91. The second-order valence-corrected chi connectivity index (χ2v) is 14.1. The fraction of sp³-hybridized carbons (Fsp3) is 0.220. The first-order chi connectivity index (χ1) is 28.9. The molecule has 60 heavy (non-hydrogen) atoms. The Morgan fingerprint density at radius 3 is 1.15 bits per heavy atom. The third kappa shape index (κ3) is 15.4. The molecule has 0 fully saturated rings. The van der Waals surface area contributed by atoms with Crippen LogP contribution in [0.3, 0.4) is 0 Å². The van der Waals surface area contributed by atoms with Crippen LogP contribution in [-0.2, 0) is 30.3 Å². The number of hydrogen-bond acceptors (Lipinski definition) is 9. The van der Waals surface area contributed by atoms with Gasteiger partial charge in [-0.3, -0.25) is 19.6 Å². The number of hydroxylamine groups is 1. The van der Waals surface area contributed by atoms with Gasteiger partial charge < -0.3 is 24.2 Å². The summed E-state index contributed by atoms with van der Waals surface area (Å²) in [4.78, 5) is 40.9. The van der Waals surface area contributed by atoms with Gasteiger partial charge in [0.2, 0.25) is 0 Å². The minimum Gasteiger partial charge on any atom is -0.469 e. The van der Waals surface area contributed by atoms with Gasteiger partial charge in [0.05, 0.1) is 26.6 Å². The van der Waals surface area contributed by atoms with E-state index in [1.54, 1.807) is 5.48 Å². The molecular formula is C50H58N4O6. The van der Waals surface area contributed by atoms with E-state index >= 15 is 0 Å². The van der Waals surface area contributed by atoms with Crippen LogP contribution in [-0.4, -0.2) is 79.6 Å². The van der Waals surface area contributed by atoms with E-state index in [2.05, 4.69) is 21.8 Å². The molecule has 0 saturated carbocycles. The minimum atomic E-state index is -0.516. The number of ether oxygens (including phenoxy) is 2. The molecule has 10 nitrogen and oxygen atoms in total. The molecule has 0 spiro atoms. The van der Waals surface area contributed by atoms with Gasteiger partial charge in [-0.05, 0) is 64.2 Å². The minimum absolute atomic E-state index is 0.198. The maximum absolute atomic E-state index is 12.1. The molecule has 0 aromatic heterocycles. The van der Waals surface area contributed by atoms with E-state index in [0.29, 0.717) is 6.42 Å². The van der Waals surface area contributed by atoms with Crippen molar-refractivity contribution in [3.8, 4) is 0 Å². The lowest BCUT2D eigenvalue weighted by atomic mass is 9.90. The van der Waals surface area contributed by atoms with E-state index < -0.39 is 11.8 Å². The van der Waals surface area contributed by atoms with Gasteiger partial charge in [0.1, 0.15) is 5.92 Å². The van der Waals surface area contributed by atoms with E-state index in [1.807, 2.05) is 210 Å². The van der Waals surface area contributed by atoms with E-state index in [0.717, 1.165) is 39.2 Å². The Balaban J connectivity index is 0.000000225. The molecule has 0 aliphatic rings. The van der Waals surface area contributed by atoms with Gasteiger partial charge in [0.25, 0.3) is 5.91 Å². The summed E-state index contributed by atoms with van der Waals surface area (Å²) in [6, 6.07) is 54.6. The second kappa shape index (κ2) is 25.5. The molecule has 2 atom stereocenters. The molecule has 6 rings (SSSR count). The maximum Gasteiger partial charge on any atom is 0.317 e. The highest BCUT2D eigenvalue weighted by atomic mass is 16.5. The molecule has 2 N–H and O–H groups in total. The molecule has 0 bridgehead atoms. The number of rotatable bonds is 11. The molecule has 0 aliphatic heterocycles. The number of anilines is 3. The number of hydrogen-bond donors (Lipinski definition) is 2. The second-order valence-electron chi connectivity index (χ2n) is 14.1. The van der Waals surface area contributed by atoms with Crippen LogP contribution >= 0.6 is 0 Å². The number of para-hydroxylation sites is 1. The van der Waals surface area contributed by atoms with Crippen LogP contribution < -0.4 is 20.2 Å². The summed E-state index contributed by atoms with van der Waals surface area (Å²) in [5, 5.41) is 8.96. The average molecular weight is 811 g/mol. The van der Waals surface area contributed by atoms with Gasteiger partial charge in [-0.15, -0.1) is 0 Å². The lowest BCUT2D eigenvalue weighted by Crippen LogP contribution is -2.27. The zero-order valence-corrected chi connectivity index (χ0v) is 35.9. The van der Waals surface area contributed by atoms with Gasteiger partial charge in [-0.2, -0.15) is 0 Å². The summed E-state index contributed by atoms with van der Waals surface area (Å²) >= 11 is 0. The van der Waals surface area contributed by atoms with Crippen molar-refractivity contribution < 1.29 is 29.1 Å². The van der Waals surface area contributed by atoms with Gasteiger partial charge in [0, 0.05) is 59.3 Å². The lowest BCUT2D eigenvalue weighted by molar-refractivity contribution is -0.141. The number of esters is 2. The molecule has 1 amide bonds. The van der Waals surface area contributed by atoms with Crippen LogP contribution in [0.25, 0.3) is 0 Å². The van der Waals surface area contributed by atoms with Crippen molar-refractivity contribution in [3.63, 3.8) is 0 Å². The molecule has 0 saturated heterocycles. The summed E-state index contributed by atoms with van der Waals surface area (Å²) in [6.45, 7) is 0. The van der Waals surface area contributed by atoms with Crippen LogP contribution in [0.15, 0.2) is 170 Å². The monoisotopic (exact) mass is 810 g/mol. The molecule has 6 aromatic carbocycles. The normalized spacial score (nSPS) is 10.9. The maximum atomic E-state index is 12.1. The van der Waals surface area contributed by atoms with Gasteiger partial charge in [0.15, 0.2) is 0 Å².